The zero-order chi connectivity index (χ0) is 17.2. The summed E-state index contributed by atoms with van der Waals surface area (Å²) in [6, 6.07) is 13.5. The summed E-state index contributed by atoms with van der Waals surface area (Å²) >= 11 is 0. The Hall–Kier alpha value is -1.95. The smallest absolute Gasteiger partial charge is 0.227 e. The standard InChI is InChI=1S/C19H24N2O3/c1-19(2,3)20-11-16(22)14-9-10-17-15(21-14)12-23-18(24-17)13-7-5-4-6-8-13/h4-10,16,18,20,22H,11-12H2,1-3H3/t16-,18-/m1/s1. The number of aliphatic hydroxyl groups is 1. The molecular formula is C19H24N2O3. The molecule has 0 fully saturated rings. The van der Waals surface area contributed by atoms with Crippen LogP contribution in [0.1, 0.15) is 50.1 Å². The number of nitrogens with one attached hydrogen (secondary N) is 1. The molecule has 0 amide bonds. The van der Waals surface area contributed by atoms with Crippen molar-refractivity contribution >= 4 is 0 Å². The van der Waals surface area contributed by atoms with Crippen molar-refractivity contribution in [3.63, 3.8) is 0 Å². The highest BCUT2D eigenvalue weighted by atomic mass is 16.7. The van der Waals surface area contributed by atoms with Crippen LogP contribution in [-0.2, 0) is 11.3 Å². The second kappa shape index (κ2) is 6.89. The van der Waals surface area contributed by atoms with Gasteiger partial charge in [-0.2, -0.15) is 0 Å². The topological polar surface area (TPSA) is 63.6 Å². The number of fused-ring (bicyclic) bond motifs is 1. The molecule has 0 saturated heterocycles. The maximum atomic E-state index is 10.3. The van der Waals surface area contributed by atoms with Gasteiger partial charge in [0.15, 0.2) is 0 Å². The predicted molar refractivity (Wildman–Crippen MR) is 91.6 cm³/mol. The Morgan fingerprint density at radius 1 is 1.21 bits per heavy atom. The van der Waals surface area contributed by atoms with Crippen molar-refractivity contribution in [3.05, 3.63) is 59.4 Å². The number of rotatable bonds is 4. The molecule has 3 rings (SSSR count). The normalized spacial score (nSPS) is 18.6. The largest absolute Gasteiger partial charge is 0.459 e. The summed E-state index contributed by atoms with van der Waals surface area (Å²) in [5, 5.41) is 13.6. The van der Waals surface area contributed by atoms with Crippen LogP contribution in [0.3, 0.4) is 0 Å². The number of nitrogens with zero attached hydrogens (tertiary/aromatic N) is 1. The van der Waals surface area contributed by atoms with Gasteiger partial charge < -0.3 is 19.9 Å². The average Bonchev–Trinajstić information content (AvgIpc) is 2.59. The lowest BCUT2D eigenvalue weighted by Gasteiger charge is -2.27. The van der Waals surface area contributed by atoms with Crippen LogP contribution in [0.25, 0.3) is 0 Å². The summed E-state index contributed by atoms with van der Waals surface area (Å²) in [4.78, 5) is 4.50. The fourth-order valence-corrected chi connectivity index (χ4v) is 2.49. The highest BCUT2D eigenvalue weighted by Gasteiger charge is 2.24. The van der Waals surface area contributed by atoms with Crippen molar-refractivity contribution in [3.8, 4) is 5.75 Å². The van der Waals surface area contributed by atoms with Crippen LogP contribution in [0.5, 0.6) is 5.75 Å². The Balaban J connectivity index is 1.70. The number of β-amino-alcohol motifs (C(OH)–C–C–N with tert-alkyl or cyclic N) is 1. The van der Waals surface area contributed by atoms with Crippen LogP contribution in [0.15, 0.2) is 42.5 Å². The van der Waals surface area contributed by atoms with Gasteiger partial charge in [0, 0.05) is 17.6 Å². The first kappa shape index (κ1) is 16.9. The van der Waals surface area contributed by atoms with Gasteiger partial charge in [0.25, 0.3) is 0 Å². The molecule has 0 radical (unpaired) electrons. The highest BCUT2D eigenvalue weighted by Crippen LogP contribution is 2.32. The van der Waals surface area contributed by atoms with E-state index in [9.17, 15) is 5.11 Å². The number of hydrogen-bond donors (Lipinski definition) is 2. The monoisotopic (exact) mass is 328 g/mol. The molecule has 0 unspecified atom stereocenters. The van der Waals surface area contributed by atoms with E-state index >= 15 is 0 Å². The Bertz CT molecular complexity index is 683. The van der Waals surface area contributed by atoms with E-state index in [1.807, 2.05) is 36.4 Å². The number of pyridine rings is 1. The van der Waals surface area contributed by atoms with Crippen LogP contribution >= 0.6 is 0 Å². The molecule has 2 N–H and O–H groups in total. The van der Waals surface area contributed by atoms with Gasteiger partial charge in [0.1, 0.15) is 17.5 Å². The first-order valence-electron chi connectivity index (χ1n) is 8.18. The van der Waals surface area contributed by atoms with Crippen LogP contribution in [0.2, 0.25) is 0 Å². The van der Waals surface area contributed by atoms with Gasteiger partial charge in [0.05, 0.1) is 12.3 Å². The van der Waals surface area contributed by atoms with E-state index in [-0.39, 0.29) is 5.54 Å². The predicted octanol–water partition coefficient (Wildman–Crippen LogP) is 3.11. The SMILES string of the molecule is CC(C)(C)NC[C@@H](O)c1ccc2c(n1)CO[C@@H](c1ccccc1)O2. The minimum atomic E-state index is -0.665. The molecule has 24 heavy (non-hydrogen) atoms. The minimum Gasteiger partial charge on any atom is -0.459 e. The van der Waals surface area contributed by atoms with Crippen molar-refractivity contribution in [1.82, 2.24) is 10.3 Å². The van der Waals surface area contributed by atoms with Crippen LogP contribution < -0.4 is 10.1 Å². The molecule has 1 aromatic carbocycles. The summed E-state index contributed by atoms with van der Waals surface area (Å²) in [5.41, 5.74) is 2.26. The van der Waals surface area contributed by atoms with Gasteiger partial charge >= 0.3 is 0 Å². The van der Waals surface area contributed by atoms with E-state index in [1.54, 1.807) is 6.07 Å². The van der Waals surface area contributed by atoms with Crippen molar-refractivity contribution in [2.75, 3.05) is 6.54 Å². The molecule has 1 aliphatic rings. The van der Waals surface area contributed by atoms with Crippen molar-refractivity contribution < 1.29 is 14.6 Å². The van der Waals surface area contributed by atoms with Crippen LogP contribution in [0, 0.1) is 0 Å². The molecule has 0 spiro atoms. The minimum absolute atomic E-state index is 0.0513. The molecule has 128 valence electrons. The third kappa shape index (κ3) is 4.12. The molecule has 0 aliphatic carbocycles. The molecule has 1 aromatic heterocycles. The number of aromatic nitrogens is 1. The molecule has 5 heteroatoms. The van der Waals surface area contributed by atoms with Gasteiger partial charge in [-0.15, -0.1) is 0 Å². The second-order valence-electron chi connectivity index (χ2n) is 7.00. The lowest BCUT2D eigenvalue weighted by atomic mass is 10.1. The van der Waals surface area contributed by atoms with Gasteiger partial charge in [-0.25, -0.2) is 4.98 Å². The van der Waals surface area contributed by atoms with E-state index in [1.165, 1.54) is 0 Å². The molecule has 1 aliphatic heterocycles. The van der Waals surface area contributed by atoms with Crippen molar-refractivity contribution in [1.29, 1.82) is 0 Å². The van der Waals surface area contributed by atoms with Crippen LogP contribution in [-0.4, -0.2) is 22.2 Å². The van der Waals surface area contributed by atoms with Gasteiger partial charge in [0.2, 0.25) is 6.29 Å². The number of hydrogen-bond acceptors (Lipinski definition) is 5. The van der Waals surface area contributed by atoms with E-state index in [2.05, 4.69) is 31.1 Å². The van der Waals surface area contributed by atoms with Gasteiger partial charge in [-0.1, -0.05) is 30.3 Å². The number of benzene rings is 1. The van der Waals surface area contributed by atoms with Gasteiger partial charge in [-0.05, 0) is 32.9 Å². The summed E-state index contributed by atoms with van der Waals surface area (Å²) in [7, 11) is 0. The zero-order valence-corrected chi connectivity index (χ0v) is 14.3. The van der Waals surface area contributed by atoms with Crippen molar-refractivity contribution in [2.45, 2.75) is 45.3 Å². The lowest BCUT2D eigenvalue weighted by Crippen LogP contribution is -2.38. The Labute approximate surface area is 142 Å². The Kier molecular flexibility index (Phi) is 4.85. The Morgan fingerprint density at radius 2 is 1.96 bits per heavy atom. The number of aliphatic hydroxyl groups excluding tert-OH is 1. The molecule has 2 heterocycles. The lowest BCUT2D eigenvalue weighted by molar-refractivity contribution is -0.113. The average molecular weight is 328 g/mol. The van der Waals surface area contributed by atoms with E-state index in [0.29, 0.717) is 24.6 Å². The van der Waals surface area contributed by atoms with E-state index in [0.717, 1.165) is 11.3 Å². The summed E-state index contributed by atoms with van der Waals surface area (Å²) in [6.07, 6.45) is -1.08. The summed E-state index contributed by atoms with van der Waals surface area (Å²) in [5.74, 6) is 0.704. The van der Waals surface area contributed by atoms with Gasteiger partial charge in [-0.3, -0.25) is 0 Å². The maximum Gasteiger partial charge on any atom is 0.227 e. The molecule has 2 atom stereocenters. The fraction of sp³-hybridized carbons (Fsp3) is 0.421. The molecule has 0 bridgehead atoms. The van der Waals surface area contributed by atoms with Crippen molar-refractivity contribution in [2.24, 2.45) is 0 Å². The highest BCUT2D eigenvalue weighted by molar-refractivity contribution is 5.32. The second-order valence-corrected chi connectivity index (χ2v) is 7.00. The molecule has 2 aromatic rings. The fourth-order valence-electron chi connectivity index (χ4n) is 2.49. The first-order chi connectivity index (χ1) is 11.4. The summed E-state index contributed by atoms with van der Waals surface area (Å²) in [6.45, 7) is 6.99. The Morgan fingerprint density at radius 3 is 2.67 bits per heavy atom. The summed E-state index contributed by atoms with van der Waals surface area (Å²) < 4.78 is 11.6. The number of ether oxygens (including phenoxy) is 2. The quantitative estimate of drug-likeness (QED) is 0.903. The van der Waals surface area contributed by atoms with E-state index in [4.69, 9.17) is 9.47 Å². The molecular weight excluding hydrogens is 304 g/mol. The first-order valence-corrected chi connectivity index (χ1v) is 8.18. The molecule has 5 nitrogen and oxygen atoms in total. The molecule has 0 saturated carbocycles. The van der Waals surface area contributed by atoms with E-state index < -0.39 is 12.4 Å². The maximum absolute atomic E-state index is 10.3. The zero-order valence-electron chi connectivity index (χ0n) is 14.3. The third-order valence-corrected chi connectivity index (χ3v) is 3.80. The third-order valence-electron chi connectivity index (χ3n) is 3.80. The van der Waals surface area contributed by atoms with Crippen LogP contribution in [0.4, 0.5) is 0 Å².